The lowest BCUT2D eigenvalue weighted by Gasteiger charge is -2.10. The number of aromatic nitrogens is 1. The Kier molecular flexibility index (Phi) is 3.95. The molecular formula is C15H18N2O. The second kappa shape index (κ2) is 5.65. The molecule has 2 aromatic rings. The van der Waals surface area contributed by atoms with E-state index in [-0.39, 0.29) is 0 Å². The average molecular weight is 242 g/mol. The largest absolute Gasteiger partial charge is 0.398 e. The summed E-state index contributed by atoms with van der Waals surface area (Å²) in [5.74, 6) is 0. The molecule has 0 fully saturated rings. The van der Waals surface area contributed by atoms with Crippen molar-refractivity contribution in [2.45, 2.75) is 27.1 Å². The molecule has 0 saturated carbocycles. The number of rotatable bonds is 4. The van der Waals surface area contributed by atoms with Crippen LogP contribution in [0.2, 0.25) is 0 Å². The lowest BCUT2D eigenvalue weighted by atomic mass is 10.1. The highest BCUT2D eigenvalue weighted by Crippen LogP contribution is 2.18. The number of ether oxygens (including phenoxy) is 1. The van der Waals surface area contributed by atoms with E-state index in [0.717, 1.165) is 28.1 Å². The minimum atomic E-state index is 0.491. The highest BCUT2D eigenvalue weighted by atomic mass is 16.5. The molecular weight excluding hydrogens is 224 g/mol. The number of benzene rings is 1. The first-order valence-corrected chi connectivity index (χ1v) is 6.00. The van der Waals surface area contributed by atoms with Crippen LogP contribution in [0.25, 0.3) is 0 Å². The molecule has 0 spiro atoms. The van der Waals surface area contributed by atoms with Crippen LogP contribution in [0.5, 0.6) is 0 Å². The molecule has 18 heavy (non-hydrogen) atoms. The molecule has 1 aromatic carbocycles. The van der Waals surface area contributed by atoms with Gasteiger partial charge in [0.15, 0.2) is 0 Å². The molecule has 1 aromatic heterocycles. The van der Waals surface area contributed by atoms with E-state index in [1.807, 2.05) is 44.2 Å². The summed E-state index contributed by atoms with van der Waals surface area (Å²) in [5, 5.41) is 0. The number of hydrogen-bond acceptors (Lipinski definition) is 3. The van der Waals surface area contributed by atoms with Crippen molar-refractivity contribution in [2.24, 2.45) is 0 Å². The van der Waals surface area contributed by atoms with E-state index >= 15 is 0 Å². The van der Waals surface area contributed by atoms with Gasteiger partial charge in [-0.1, -0.05) is 30.3 Å². The third-order valence-corrected chi connectivity index (χ3v) is 3.03. The molecule has 0 bridgehead atoms. The predicted octanol–water partition coefficient (Wildman–Crippen LogP) is 3.00. The van der Waals surface area contributed by atoms with Crippen molar-refractivity contribution in [1.82, 2.24) is 4.98 Å². The zero-order chi connectivity index (χ0) is 13.0. The van der Waals surface area contributed by atoms with Crippen molar-refractivity contribution in [3.05, 3.63) is 58.9 Å². The Bertz CT molecular complexity index is 524. The summed E-state index contributed by atoms with van der Waals surface area (Å²) < 4.78 is 5.66. The van der Waals surface area contributed by atoms with Gasteiger partial charge in [0.25, 0.3) is 0 Å². The van der Waals surface area contributed by atoms with Gasteiger partial charge in [0.2, 0.25) is 0 Å². The van der Waals surface area contributed by atoms with E-state index in [2.05, 4.69) is 4.98 Å². The molecule has 2 N–H and O–H groups in total. The van der Waals surface area contributed by atoms with Gasteiger partial charge in [0.1, 0.15) is 0 Å². The number of pyridine rings is 1. The second-order valence-electron chi connectivity index (χ2n) is 4.40. The topological polar surface area (TPSA) is 48.1 Å². The molecule has 0 atom stereocenters. The number of anilines is 1. The van der Waals surface area contributed by atoms with Crippen LogP contribution in [-0.2, 0) is 18.0 Å². The first-order chi connectivity index (χ1) is 8.68. The average Bonchev–Trinajstić information content (AvgIpc) is 2.40. The van der Waals surface area contributed by atoms with E-state index in [9.17, 15) is 0 Å². The van der Waals surface area contributed by atoms with E-state index in [1.54, 1.807) is 6.20 Å². The lowest BCUT2D eigenvalue weighted by molar-refractivity contribution is 0.104. The maximum absolute atomic E-state index is 5.97. The first kappa shape index (κ1) is 12.6. The zero-order valence-corrected chi connectivity index (χ0v) is 10.8. The van der Waals surface area contributed by atoms with Crippen LogP contribution in [0.15, 0.2) is 36.5 Å². The predicted molar refractivity (Wildman–Crippen MR) is 73.1 cm³/mol. The summed E-state index contributed by atoms with van der Waals surface area (Å²) >= 11 is 0. The highest BCUT2D eigenvalue weighted by molar-refractivity contribution is 5.53. The third-order valence-electron chi connectivity index (χ3n) is 3.03. The van der Waals surface area contributed by atoms with Crippen LogP contribution in [-0.4, -0.2) is 4.98 Å². The van der Waals surface area contributed by atoms with Gasteiger partial charge in [0.05, 0.1) is 18.9 Å². The normalized spacial score (nSPS) is 10.6. The summed E-state index contributed by atoms with van der Waals surface area (Å²) in [7, 11) is 0. The molecule has 0 aliphatic heterocycles. The Labute approximate surface area is 108 Å². The molecule has 0 amide bonds. The fourth-order valence-corrected chi connectivity index (χ4v) is 1.78. The van der Waals surface area contributed by atoms with Crippen LogP contribution in [0.3, 0.4) is 0 Å². The Morgan fingerprint density at radius 3 is 2.56 bits per heavy atom. The van der Waals surface area contributed by atoms with Gasteiger partial charge in [0, 0.05) is 11.9 Å². The molecule has 0 radical (unpaired) electrons. The van der Waals surface area contributed by atoms with Gasteiger partial charge in [-0.2, -0.15) is 0 Å². The van der Waals surface area contributed by atoms with Gasteiger partial charge in [-0.25, -0.2) is 0 Å². The van der Waals surface area contributed by atoms with Crippen LogP contribution < -0.4 is 5.73 Å². The molecule has 94 valence electrons. The highest BCUT2D eigenvalue weighted by Gasteiger charge is 2.06. The van der Waals surface area contributed by atoms with E-state index in [4.69, 9.17) is 10.5 Å². The molecule has 0 aliphatic rings. The molecule has 0 aliphatic carbocycles. The molecule has 0 unspecified atom stereocenters. The van der Waals surface area contributed by atoms with E-state index < -0.39 is 0 Å². The summed E-state index contributed by atoms with van der Waals surface area (Å²) in [4.78, 5) is 4.36. The van der Waals surface area contributed by atoms with Gasteiger partial charge in [-0.3, -0.25) is 4.98 Å². The van der Waals surface area contributed by atoms with Gasteiger partial charge >= 0.3 is 0 Å². The van der Waals surface area contributed by atoms with Crippen molar-refractivity contribution in [2.75, 3.05) is 5.73 Å². The van der Waals surface area contributed by atoms with Gasteiger partial charge in [-0.05, 0) is 30.5 Å². The molecule has 2 rings (SSSR count). The lowest BCUT2D eigenvalue weighted by Crippen LogP contribution is -2.03. The Balaban J connectivity index is 1.97. The number of hydrogen-bond donors (Lipinski definition) is 1. The van der Waals surface area contributed by atoms with Crippen molar-refractivity contribution in [3.63, 3.8) is 0 Å². The van der Waals surface area contributed by atoms with E-state index in [1.165, 1.54) is 0 Å². The molecule has 3 nitrogen and oxygen atoms in total. The monoisotopic (exact) mass is 242 g/mol. The molecule has 0 saturated heterocycles. The molecule has 1 heterocycles. The number of nitrogens with zero attached hydrogens (tertiary/aromatic N) is 1. The Morgan fingerprint density at radius 1 is 1.11 bits per heavy atom. The second-order valence-corrected chi connectivity index (χ2v) is 4.40. The quantitative estimate of drug-likeness (QED) is 0.896. The number of nitrogens with two attached hydrogens (primary N) is 1. The zero-order valence-electron chi connectivity index (χ0n) is 10.8. The fraction of sp³-hybridized carbons (Fsp3) is 0.267. The SMILES string of the molecule is Cc1cnc(COCc2ccccc2)c(C)c1N. The fourth-order valence-electron chi connectivity index (χ4n) is 1.78. The van der Waals surface area contributed by atoms with Crippen molar-refractivity contribution >= 4 is 5.69 Å². The van der Waals surface area contributed by atoms with Crippen molar-refractivity contribution < 1.29 is 4.74 Å². The maximum atomic E-state index is 5.97. The number of aryl methyl sites for hydroxylation is 1. The summed E-state index contributed by atoms with van der Waals surface area (Å²) in [6, 6.07) is 10.1. The van der Waals surface area contributed by atoms with Crippen LogP contribution in [0.4, 0.5) is 5.69 Å². The summed E-state index contributed by atoms with van der Waals surface area (Å²) in [6.07, 6.45) is 1.80. The van der Waals surface area contributed by atoms with Crippen LogP contribution in [0.1, 0.15) is 22.4 Å². The standard InChI is InChI=1S/C15H18N2O/c1-11-8-17-14(12(2)15(11)16)10-18-9-13-6-4-3-5-7-13/h3-8H,9-10H2,1-2H3,(H2,16,17). The summed E-state index contributed by atoms with van der Waals surface area (Å²) in [5.41, 5.74) is 10.9. The van der Waals surface area contributed by atoms with Crippen LogP contribution >= 0.6 is 0 Å². The number of nitrogen functional groups attached to an aromatic ring is 1. The first-order valence-electron chi connectivity index (χ1n) is 6.00. The Morgan fingerprint density at radius 2 is 1.83 bits per heavy atom. The summed E-state index contributed by atoms with van der Waals surface area (Å²) in [6.45, 7) is 5.03. The van der Waals surface area contributed by atoms with E-state index in [0.29, 0.717) is 13.2 Å². The van der Waals surface area contributed by atoms with Gasteiger partial charge in [-0.15, -0.1) is 0 Å². The van der Waals surface area contributed by atoms with Crippen LogP contribution in [0, 0.1) is 13.8 Å². The third kappa shape index (κ3) is 2.87. The van der Waals surface area contributed by atoms with Crippen molar-refractivity contribution in [3.8, 4) is 0 Å². The maximum Gasteiger partial charge on any atom is 0.0895 e. The van der Waals surface area contributed by atoms with Gasteiger partial charge < -0.3 is 10.5 Å². The Hall–Kier alpha value is -1.87. The smallest absolute Gasteiger partial charge is 0.0895 e. The molecule has 3 heteroatoms. The minimum Gasteiger partial charge on any atom is -0.398 e. The van der Waals surface area contributed by atoms with Crippen molar-refractivity contribution in [1.29, 1.82) is 0 Å². The minimum absolute atomic E-state index is 0.491.